The molecule has 0 saturated heterocycles. The highest BCUT2D eigenvalue weighted by atomic mass is 19.3. The summed E-state index contributed by atoms with van der Waals surface area (Å²) in [7, 11) is 3.31. The van der Waals surface area contributed by atoms with Gasteiger partial charge in [-0.3, -0.25) is 14.6 Å². The van der Waals surface area contributed by atoms with Crippen molar-refractivity contribution in [3.8, 4) is 5.75 Å². The maximum Gasteiger partial charge on any atom is 0.387 e. The fourth-order valence-electron chi connectivity index (χ4n) is 2.67. The second-order valence-corrected chi connectivity index (χ2v) is 7.69. The van der Waals surface area contributed by atoms with Crippen LogP contribution in [0.15, 0.2) is 29.1 Å². The Bertz CT molecular complexity index is 939. The number of aromatic nitrogens is 2. The van der Waals surface area contributed by atoms with E-state index in [0.29, 0.717) is 5.56 Å². The molecule has 0 saturated carbocycles. The predicted octanol–water partition coefficient (Wildman–Crippen LogP) is 3.09. The van der Waals surface area contributed by atoms with Crippen molar-refractivity contribution in [3.63, 3.8) is 0 Å². The van der Waals surface area contributed by atoms with Gasteiger partial charge in [0.1, 0.15) is 5.69 Å². The summed E-state index contributed by atoms with van der Waals surface area (Å²) < 4.78 is 43.0. The van der Waals surface area contributed by atoms with Gasteiger partial charge in [-0.25, -0.2) is 9.37 Å². The smallest absolute Gasteiger partial charge is 0.387 e. The molecule has 0 aliphatic rings. The number of rotatable bonds is 6. The number of alkyl halides is 2. The summed E-state index contributed by atoms with van der Waals surface area (Å²) in [5.41, 5.74) is -0.827. The van der Waals surface area contributed by atoms with E-state index in [1.165, 1.54) is 11.0 Å². The number of amides is 1. The molecule has 0 radical (unpaired) electrons. The van der Waals surface area contributed by atoms with Crippen LogP contribution in [0, 0.1) is 11.2 Å². The number of benzene rings is 1. The normalized spacial score (nSPS) is 12.6. The van der Waals surface area contributed by atoms with Crippen LogP contribution in [0.1, 0.15) is 42.9 Å². The molecule has 0 fully saturated rings. The van der Waals surface area contributed by atoms with E-state index in [4.69, 9.17) is 0 Å². The van der Waals surface area contributed by atoms with Crippen LogP contribution in [0.4, 0.5) is 19.1 Å². The molecule has 7 nitrogen and oxygen atoms in total. The Balaban J connectivity index is 2.37. The summed E-state index contributed by atoms with van der Waals surface area (Å²) in [6.07, 6.45) is 0. The lowest BCUT2D eigenvalue weighted by Crippen LogP contribution is -2.37. The number of halogens is 3. The van der Waals surface area contributed by atoms with Gasteiger partial charge in [-0.15, -0.1) is 0 Å². The Labute approximate surface area is 165 Å². The van der Waals surface area contributed by atoms with Gasteiger partial charge < -0.3 is 15.0 Å². The molecule has 0 aliphatic heterocycles. The Morgan fingerprint density at radius 1 is 1.24 bits per heavy atom. The van der Waals surface area contributed by atoms with Gasteiger partial charge in [-0.2, -0.15) is 8.78 Å². The molecule has 1 heterocycles. The molecular weight excluding hydrogens is 389 g/mol. The second-order valence-electron chi connectivity index (χ2n) is 7.69. The third kappa shape index (κ3) is 5.72. The maximum absolute atomic E-state index is 14.2. The number of ether oxygens (including phenoxy) is 1. The Morgan fingerprint density at radius 3 is 2.41 bits per heavy atom. The molecule has 158 valence electrons. The number of anilines is 1. The molecular formula is C19H23F3N4O3. The van der Waals surface area contributed by atoms with Crippen LogP contribution in [0.2, 0.25) is 0 Å². The first-order valence-electron chi connectivity index (χ1n) is 8.72. The molecule has 2 N–H and O–H groups in total. The minimum Gasteiger partial charge on any atom is -0.432 e. The Morgan fingerprint density at radius 2 is 1.90 bits per heavy atom. The van der Waals surface area contributed by atoms with Gasteiger partial charge in [0.15, 0.2) is 11.6 Å². The summed E-state index contributed by atoms with van der Waals surface area (Å²) in [4.78, 5) is 32.7. The molecule has 0 aliphatic carbocycles. The van der Waals surface area contributed by atoms with Crippen LogP contribution in [-0.2, 0) is 0 Å². The third-order valence-corrected chi connectivity index (χ3v) is 4.03. The first-order chi connectivity index (χ1) is 13.4. The SMILES string of the molecule is CN(C)c1nc(C(=O)N[C@@H](c2ccc(OC(F)F)c(F)c2)C(C)(C)C)cc(=O)[nH]1. The highest BCUT2D eigenvalue weighted by molar-refractivity contribution is 5.92. The average molecular weight is 412 g/mol. The molecule has 2 rings (SSSR count). The lowest BCUT2D eigenvalue weighted by molar-refractivity contribution is -0.0522. The summed E-state index contributed by atoms with van der Waals surface area (Å²) in [6, 6.07) is 3.87. The zero-order valence-corrected chi connectivity index (χ0v) is 16.7. The van der Waals surface area contributed by atoms with Crippen molar-refractivity contribution in [3.05, 3.63) is 51.7 Å². The molecule has 2 aromatic rings. The molecule has 29 heavy (non-hydrogen) atoms. The fraction of sp³-hybridized carbons (Fsp3) is 0.421. The van der Waals surface area contributed by atoms with Crippen molar-refractivity contribution in [1.82, 2.24) is 15.3 Å². The molecule has 0 unspecified atom stereocenters. The monoisotopic (exact) mass is 412 g/mol. The van der Waals surface area contributed by atoms with Crippen LogP contribution >= 0.6 is 0 Å². The van der Waals surface area contributed by atoms with Crippen LogP contribution in [-0.4, -0.2) is 36.6 Å². The maximum atomic E-state index is 14.2. The average Bonchev–Trinajstić information content (AvgIpc) is 2.59. The van der Waals surface area contributed by atoms with Gasteiger partial charge in [-0.05, 0) is 23.1 Å². The van der Waals surface area contributed by atoms with Gasteiger partial charge in [0, 0.05) is 20.2 Å². The van der Waals surface area contributed by atoms with Crippen molar-refractivity contribution in [1.29, 1.82) is 0 Å². The topological polar surface area (TPSA) is 87.3 Å². The number of carbonyl (C=O) groups excluding carboxylic acids is 1. The fourth-order valence-corrected chi connectivity index (χ4v) is 2.67. The highest BCUT2D eigenvalue weighted by Gasteiger charge is 2.30. The molecule has 1 aromatic carbocycles. The van der Waals surface area contributed by atoms with Crippen molar-refractivity contribution in [2.24, 2.45) is 5.41 Å². The van der Waals surface area contributed by atoms with E-state index in [-0.39, 0.29) is 11.6 Å². The first-order valence-corrected chi connectivity index (χ1v) is 8.72. The summed E-state index contributed by atoms with van der Waals surface area (Å²) in [5.74, 6) is -1.99. The van der Waals surface area contributed by atoms with E-state index in [9.17, 15) is 22.8 Å². The van der Waals surface area contributed by atoms with Crippen molar-refractivity contribution >= 4 is 11.9 Å². The zero-order chi connectivity index (χ0) is 21.9. The van der Waals surface area contributed by atoms with Crippen LogP contribution in [0.3, 0.4) is 0 Å². The molecule has 1 aromatic heterocycles. The van der Waals surface area contributed by atoms with Crippen LogP contribution < -0.4 is 20.5 Å². The summed E-state index contributed by atoms with van der Waals surface area (Å²) in [5, 5.41) is 2.74. The number of hydrogen-bond donors (Lipinski definition) is 2. The van der Waals surface area contributed by atoms with Crippen LogP contribution in [0.5, 0.6) is 5.75 Å². The largest absolute Gasteiger partial charge is 0.432 e. The molecule has 0 bridgehead atoms. The van der Waals surface area contributed by atoms with Gasteiger partial charge in [0.05, 0.1) is 6.04 Å². The minimum atomic E-state index is -3.15. The summed E-state index contributed by atoms with van der Waals surface area (Å²) in [6.45, 7) is 2.29. The number of carbonyl (C=O) groups is 1. The number of nitrogens with one attached hydrogen (secondary N) is 2. The highest BCUT2D eigenvalue weighted by Crippen LogP contribution is 2.35. The van der Waals surface area contributed by atoms with Gasteiger partial charge >= 0.3 is 6.61 Å². The second kappa shape index (κ2) is 8.54. The molecule has 1 atom stereocenters. The van der Waals surface area contributed by atoms with E-state index in [1.54, 1.807) is 14.1 Å². The van der Waals surface area contributed by atoms with E-state index < -0.39 is 41.1 Å². The number of H-pyrrole nitrogens is 1. The van der Waals surface area contributed by atoms with Gasteiger partial charge in [-0.1, -0.05) is 26.8 Å². The first kappa shape index (κ1) is 22.3. The minimum absolute atomic E-state index is 0.107. The quantitative estimate of drug-likeness (QED) is 0.761. The number of nitrogens with zero attached hydrogens (tertiary/aromatic N) is 2. The van der Waals surface area contributed by atoms with Crippen molar-refractivity contribution in [2.45, 2.75) is 33.4 Å². The Kier molecular flexibility index (Phi) is 6.55. The van der Waals surface area contributed by atoms with Gasteiger partial charge in [0.25, 0.3) is 11.5 Å². The van der Waals surface area contributed by atoms with E-state index in [2.05, 4.69) is 20.0 Å². The van der Waals surface area contributed by atoms with Gasteiger partial charge in [0.2, 0.25) is 5.95 Å². The number of aromatic amines is 1. The lowest BCUT2D eigenvalue weighted by Gasteiger charge is -2.32. The van der Waals surface area contributed by atoms with Crippen molar-refractivity contribution in [2.75, 3.05) is 19.0 Å². The number of hydrogen-bond acceptors (Lipinski definition) is 5. The van der Waals surface area contributed by atoms with Crippen molar-refractivity contribution < 1.29 is 22.7 Å². The van der Waals surface area contributed by atoms with Crippen LogP contribution in [0.25, 0.3) is 0 Å². The standard InChI is InChI=1S/C19H23F3N4O3/c1-19(2,3)15(10-6-7-13(11(20)8-10)29-17(21)22)25-16(28)12-9-14(27)24-18(23-12)26(4)5/h6-9,15,17H,1-5H3,(H,25,28)(H,23,24,27)/t15-/m0/s1. The third-order valence-electron chi connectivity index (χ3n) is 4.03. The summed E-state index contributed by atoms with van der Waals surface area (Å²) >= 11 is 0. The van der Waals surface area contributed by atoms with E-state index in [0.717, 1.165) is 18.2 Å². The van der Waals surface area contributed by atoms with E-state index in [1.807, 2.05) is 20.8 Å². The Hall–Kier alpha value is -3.04. The zero-order valence-electron chi connectivity index (χ0n) is 16.7. The molecule has 1 amide bonds. The lowest BCUT2D eigenvalue weighted by atomic mass is 9.82. The molecule has 0 spiro atoms. The van der Waals surface area contributed by atoms with E-state index >= 15 is 0 Å². The molecule has 10 heteroatoms. The predicted molar refractivity (Wildman–Crippen MR) is 102 cm³/mol.